The molecule has 0 bridgehead atoms. The Morgan fingerprint density at radius 1 is 1.27 bits per heavy atom. The van der Waals surface area contributed by atoms with E-state index in [0.717, 1.165) is 5.56 Å². The van der Waals surface area contributed by atoms with E-state index in [0.29, 0.717) is 6.42 Å². The van der Waals surface area contributed by atoms with Gasteiger partial charge in [-0.15, -0.1) is 11.3 Å². The van der Waals surface area contributed by atoms with Gasteiger partial charge in [-0.25, -0.2) is 0 Å². The van der Waals surface area contributed by atoms with Gasteiger partial charge in [0.15, 0.2) is 0 Å². The van der Waals surface area contributed by atoms with Crippen LogP contribution in [0.1, 0.15) is 11.1 Å². The number of benzene rings is 1. The van der Waals surface area contributed by atoms with E-state index in [1.165, 1.54) is 16.0 Å². The minimum Gasteiger partial charge on any atom is -0.198 e. The molecule has 1 aromatic heterocycles. The molecule has 1 heterocycles. The maximum Gasteiger partial charge on any atom is 0.0670 e. The van der Waals surface area contributed by atoms with Crippen molar-refractivity contribution in [2.45, 2.75) is 13.3 Å². The predicted octanol–water partition coefficient (Wildman–Crippen LogP) is 3.79. The predicted molar refractivity (Wildman–Crippen MR) is 63.8 cm³/mol. The summed E-state index contributed by atoms with van der Waals surface area (Å²) in [7, 11) is 0. The number of aryl methyl sites for hydroxylation is 1. The molecule has 0 saturated heterocycles. The summed E-state index contributed by atoms with van der Waals surface area (Å²) < 4.78 is 0. The van der Waals surface area contributed by atoms with Crippen LogP contribution in [0.5, 0.6) is 0 Å². The van der Waals surface area contributed by atoms with Crippen LogP contribution in [0.3, 0.4) is 0 Å². The van der Waals surface area contributed by atoms with Gasteiger partial charge in [-0.3, -0.25) is 0 Å². The van der Waals surface area contributed by atoms with Gasteiger partial charge in [-0.05, 0) is 29.5 Å². The van der Waals surface area contributed by atoms with Crippen molar-refractivity contribution in [2.24, 2.45) is 0 Å². The van der Waals surface area contributed by atoms with E-state index in [1.807, 2.05) is 0 Å². The molecule has 0 atom stereocenters. The molecule has 2 rings (SSSR count). The van der Waals surface area contributed by atoms with Gasteiger partial charge in [0.2, 0.25) is 0 Å². The van der Waals surface area contributed by atoms with Gasteiger partial charge in [0.25, 0.3) is 0 Å². The van der Waals surface area contributed by atoms with E-state index in [1.54, 1.807) is 11.3 Å². The van der Waals surface area contributed by atoms with Crippen LogP contribution < -0.4 is 0 Å². The monoisotopic (exact) mass is 213 g/mol. The molecule has 2 heteroatoms. The molecule has 0 spiro atoms. The lowest BCUT2D eigenvalue weighted by Crippen LogP contribution is -1.75. The van der Waals surface area contributed by atoms with Crippen molar-refractivity contribution in [1.29, 1.82) is 5.26 Å². The Hall–Kier alpha value is -1.59. The van der Waals surface area contributed by atoms with Crippen molar-refractivity contribution < 1.29 is 0 Å². The fraction of sp³-hybridized carbons (Fsp3) is 0.154. The summed E-state index contributed by atoms with van der Waals surface area (Å²) in [6.45, 7) is 2.08. The number of thiophene rings is 1. The molecule has 0 fully saturated rings. The summed E-state index contributed by atoms with van der Waals surface area (Å²) in [5, 5.41) is 10.6. The highest BCUT2D eigenvalue weighted by Gasteiger charge is 2.01. The van der Waals surface area contributed by atoms with E-state index in [2.05, 4.69) is 48.7 Å². The van der Waals surface area contributed by atoms with Gasteiger partial charge in [-0.1, -0.05) is 29.8 Å². The molecule has 1 nitrogen and oxygen atoms in total. The fourth-order valence-corrected chi connectivity index (χ4v) is 2.35. The molecule has 1 aromatic carbocycles. The standard InChI is InChI=1S/C13H11NS/c1-10-2-4-12(5-3-10)13-8-11(6-7-14)9-15-13/h2-5,8-9H,6H2,1H3. The lowest BCUT2D eigenvalue weighted by atomic mass is 10.1. The summed E-state index contributed by atoms with van der Waals surface area (Å²) >= 11 is 1.70. The molecule has 0 radical (unpaired) electrons. The van der Waals surface area contributed by atoms with E-state index in [-0.39, 0.29) is 0 Å². The highest BCUT2D eigenvalue weighted by Crippen LogP contribution is 2.27. The highest BCUT2D eigenvalue weighted by atomic mass is 32.1. The molecule has 0 amide bonds. The zero-order valence-corrected chi connectivity index (χ0v) is 9.34. The number of hydrogen-bond donors (Lipinski definition) is 0. The van der Waals surface area contributed by atoms with Crippen molar-refractivity contribution in [3.63, 3.8) is 0 Å². The molecular formula is C13H11NS. The van der Waals surface area contributed by atoms with Crippen LogP contribution in [0.2, 0.25) is 0 Å². The van der Waals surface area contributed by atoms with Crippen LogP contribution in [0, 0.1) is 18.3 Å². The van der Waals surface area contributed by atoms with Gasteiger partial charge in [0, 0.05) is 4.88 Å². The lowest BCUT2D eigenvalue weighted by molar-refractivity contribution is 1.29. The first-order valence-corrected chi connectivity index (χ1v) is 5.69. The molecule has 0 saturated carbocycles. The van der Waals surface area contributed by atoms with Crippen LogP contribution in [0.15, 0.2) is 35.7 Å². The Balaban J connectivity index is 2.30. The van der Waals surface area contributed by atoms with Crippen molar-refractivity contribution >= 4 is 11.3 Å². The summed E-state index contributed by atoms with van der Waals surface area (Å²) in [4.78, 5) is 1.24. The Morgan fingerprint density at radius 2 is 2.00 bits per heavy atom. The minimum absolute atomic E-state index is 0.502. The van der Waals surface area contributed by atoms with E-state index < -0.39 is 0 Å². The summed E-state index contributed by atoms with van der Waals surface area (Å²) in [6.07, 6.45) is 0.502. The van der Waals surface area contributed by atoms with E-state index in [9.17, 15) is 0 Å². The van der Waals surface area contributed by atoms with Gasteiger partial charge in [0.1, 0.15) is 0 Å². The first-order valence-electron chi connectivity index (χ1n) is 4.81. The summed E-state index contributed by atoms with van der Waals surface area (Å²) in [6, 6.07) is 12.7. The number of hydrogen-bond acceptors (Lipinski definition) is 2. The Bertz CT molecular complexity index is 488. The molecular weight excluding hydrogens is 202 g/mol. The quantitative estimate of drug-likeness (QED) is 0.744. The summed E-state index contributed by atoms with van der Waals surface area (Å²) in [5.74, 6) is 0. The van der Waals surface area contributed by atoms with Crippen molar-refractivity contribution in [3.8, 4) is 16.5 Å². The molecule has 0 aliphatic carbocycles. The minimum atomic E-state index is 0.502. The van der Waals surface area contributed by atoms with E-state index in [4.69, 9.17) is 5.26 Å². The fourth-order valence-electron chi connectivity index (χ4n) is 1.43. The first-order chi connectivity index (χ1) is 7.29. The second-order valence-corrected chi connectivity index (χ2v) is 4.43. The maximum atomic E-state index is 8.59. The zero-order valence-electron chi connectivity index (χ0n) is 8.53. The topological polar surface area (TPSA) is 23.8 Å². The third-order valence-corrected chi connectivity index (χ3v) is 3.30. The second kappa shape index (κ2) is 4.29. The average Bonchev–Trinajstić information content (AvgIpc) is 2.68. The van der Waals surface area contributed by atoms with E-state index >= 15 is 0 Å². The summed E-state index contributed by atoms with van der Waals surface area (Å²) in [5.41, 5.74) is 3.61. The van der Waals surface area contributed by atoms with Crippen LogP contribution in [-0.4, -0.2) is 0 Å². The Morgan fingerprint density at radius 3 is 2.67 bits per heavy atom. The lowest BCUT2D eigenvalue weighted by Gasteiger charge is -1.97. The van der Waals surface area contributed by atoms with Gasteiger partial charge < -0.3 is 0 Å². The number of nitrogens with zero attached hydrogens (tertiary/aromatic N) is 1. The van der Waals surface area contributed by atoms with Crippen molar-refractivity contribution in [2.75, 3.05) is 0 Å². The molecule has 0 unspecified atom stereocenters. The Labute approximate surface area is 93.6 Å². The molecule has 2 aromatic rings. The van der Waals surface area contributed by atoms with Gasteiger partial charge >= 0.3 is 0 Å². The highest BCUT2D eigenvalue weighted by molar-refractivity contribution is 7.13. The zero-order chi connectivity index (χ0) is 10.7. The van der Waals surface area contributed by atoms with Gasteiger partial charge in [-0.2, -0.15) is 5.26 Å². The van der Waals surface area contributed by atoms with Crippen molar-refractivity contribution in [3.05, 3.63) is 46.8 Å². The second-order valence-electron chi connectivity index (χ2n) is 3.52. The smallest absolute Gasteiger partial charge is 0.0670 e. The normalized spacial score (nSPS) is 9.87. The molecule has 0 aliphatic rings. The molecule has 0 N–H and O–H groups in total. The van der Waals surface area contributed by atoms with Crippen LogP contribution in [0.25, 0.3) is 10.4 Å². The molecule has 74 valence electrons. The number of rotatable bonds is 2. The van der Waals surface area contributed by atoms with Crippen molar-refractivity contribution in [1.82, 2.24) is 0 Å². The maximum absolute atomic E-state index is 8.59. The van der Waals surface area contributed by atoms with Crippen LogP contribution in [0.4, 0.5) is 0 Å². The number of nitriles is 1. The SMILES string of the molecule is Cc1ccc(-c2cc(CC#N)cs2)cc1. The van der Waals surface area contributed by atoms with Crippen LogP contribution >= 0.6 is 11.3 Å². The molecule has 0 aliphatic heterocycles. The average molecular weight is 213 g/mol. The van der Waals surface area contributed by atoms with Gasteiger partial charge in [0.05, 0.1) is 12.5 Å². The Kier molecular flexibility index (Phi) is 2.84. The van der Waals surface area contributed by atoms with Crippen LogP contribution in [-0.2, 0) is 6.42 Å². The third kappa shape index (κ3) is 2.26. The first kappa shape index (κ1) is 9.95. The molecule has 15 heavy (non-hydrogen) atoms. The largest absolute Gasteiger partial charge is 0.198 e. The third-order valence-electron chi connectivity index (χ3n) is 2.27.